The molecule has 0 unspecified atom stereocenters. The molecular weight excluding hydrogens is 375 g/mol. The van der Waals surface area contributed by atoms with Crippen LogP contribution in [0.1, 0.15) is 31.9 Å². The summed E-state index contributed by atoms with van der Waals surface area (Å²) in [4.78, 5) is 26.4. The van der Waals surface area contributed by atoms with Crippen LogP contribution in [0.25, 0.3) is 0 Å². The molecule has 0 spiro atoms. The molecular formula is C18H20ClFN4O3. The van der Waals surface area contributed by atoms with E-state index in [0.29, 0.717) is 5.69 Å². The summed E-state index contributed by atoms with van der Waals surface area (Å²) in [7, 11) is 0. The quantitative estimate of drug-likeness (QED) is 0.760. The number of hydrogen-bond donors (Lipinski definition) is 2. The number of benzene rings is 1. The van der Waals surface area contributed by atoms with Gasteiger partial charge in [-0.3, -0.25) is 14.3 Å². The van der Waals surface area contributed by atoms with Crippen molar-refractivity contribution in [2.45, 2.75) is 38.5 Å². The molecule has 27 heavy (non-hydrogen) atoms. The Kier molecular flexibility index (Phi) is 5.21. The van der Waals surface area contributed by atoms with Crippen LogP contribution in [-0.2, 0) is 16.1 Å². The molecule has 1 aromatic heterocycles. The Morgan fingerprint density at radius 1 is 1.48 bits per heavy atom. The Bertz CT molecular complexity index is 885. The second-order valence-electron chi connectivity index (χ2n) is 6.73. The first-order chi connectivity index (χ1) is 12.7. The van der Waals surface area contributed by atoms with Gasteiger partial charge in [0.05, 0.1) is 16.9 Å². The van der Waals surface area contributed by atoms with E-state index in [1.54, 1.807) is 16.9 Å². The van der Waals surface area contributed by atoms with Crippen LogP contribution >= 0.6 is 11.6 Å². The fourth-order valence-corrected chi connectivity index (χ4v) is 3.11. The summed E-state index contributed by atoms with van der Waals surface area (Å²) >= 11 is 5.71. The van der Waals surface area contributed by atoms with E-state index in [2.05, 4.69) is 10.4 Å². The van der Waals surface area contributed by atoms with Gasteiger partial charge in [0.1, 0.15) is 5.82 Å². The molecule has 2 heterocycles. The SMILES string of the molecule is CC(C)n1cc(N2CC[C@](O)(C(=O)NCc3cccc(Cl)c3F)C2=O)cn1. The lowest BCUT2D eigenvalue weighted by molar-refractivity contribution is -0.149. The van der Waals surface area contributed by atoms with Crippen molar-refractivity contribution in [3.63, 3.8) is 0 Å². The van der Waals surface area contributed by atoms with Crippen LogP contribution < -0.4 is 10.2 Å². The van der Waals surface area contributed by atoms with Crippen LogP contribution in [0, 0.1) is 5.82 Å². The number of nitrogens with zero attached hydrogens (tertiary/aromatic N) is 3. The Labute approximate surface area is 160 Å². The second-order valence-corrected chi connectivity index (χ2v) is 7.14. The molecule has 2 aromatic rings. The summed E-state index contributed by atoms with van der Waals surface area (Å²) in [6.45, 7) is 3.88. The van der Waals surface area contributed by atoms with Crippen LogP contribution in [0.2, 0.25) is 5.02 Å². The summed E-state index contributed by atoms with van der Waals surface area (Å²) < 4.78 is 15.6. The normalized spacial score (nSPS) is 19.8. The lowest BCUT2D eigenvalue weighted by atomic mass is 10.0. The van der Waals surface area contributed by atoms with E-state index >= 15 is 0 Å². The molecule has 3 rings (SSSR count). The number of aliphatic hydroxyl groups is 1. The number of amides is 2. The standard InChI is InChI=1S/C18H20ClFN4O3/c1-11(2)24-10-13(9-22-24)23-7-6-18(27,17(23)26)16(25)21-8-12-4-3-5-14(19)15(12)20/h3-5,9-11,27H,6-8H2,1-2H3,(H,21,25)/t18-/m0/s1. The summed E-state index contributed by atoms with van der Waals surface area (Å²) in [5.74, 6) is -2.24. The fourth-order valence-electron chi connectivity index (χ4n) is 2.92. The van der Waals surface area contributed by atoms with Crippen LogP contribution in [0.5, 0.6) is 0 Å². The molecule has 2 amide bonds. The summed E-state index contributed by atoms with van der Waals surface area (Å²) in [6, 6.07) is 4.53. The van der Waals surface area contributed by atoms with Crippen molar-refractivity contribution in [2.24, 2.45) is 0 Å². The first-order valence-corrected chi connectivity index (χ1v) is 8.91. The molecule has 1 atom stereocenters. The number of carbonyl (C=O) groups excluding carboxylic acids is 2. The molecule has 0 radical (unpaired) electrons. The molecule has 0 saturated carbocycles. The van der Waals surface area contributed by atoms with E-state index in [9.17, 15) is 19.1 Å². The predicted molar refractivity (Wildman–Crippen MR) is 97.8 cm³/mol. The molecule has 9 heteroatoms. The Balaban J connectivity index is 1.71. The van der Waals surface area contributed by atoms with E-state index < -0.39 is 23.2 Å². The smallest absolute Gasteiger partial charge is 0.268 e. The zero-order valence-corrected chi connectivity index (χ0v) is 15.7. The van der Waals surface area contributed by atoms with Crippen molar-refractivity contribution >= 4 is 29.1 Å². The van der Waals surface area contributed by atoms with Crippen molar-refractivity contribution in [2.75, 3.05) is 11.4 Å². The van der Waals surface area contributed by atoms with E-state index in [4.69, 9.17) is 11.6 Å². The minimum absolute atomic E-state index is 0.0641. The highest BCUT2D eigenvalue weighted by Gasteiger charge is 2.51. The Morgan fingerprint density at radius 2 is 2.22 bits per heavy atom. The van der Waals surface area contributed by atoms with Crippen LogP contribution in [0.15, 0.2) is 30.6 Å². The molecule has 1 aliphatic rings. The van der Waals surface area contributed by atoms with Gasteiger partial charge in [-0.05, 0) is 19.9 Å². The highest BCUT2D eigenvalue weighted by Crippen LogP contribution is 2.29. The second kappa shape index (κ2) is 7.28. The fraction of sp³-hybridized carbons (Fsp3) is 0.389. The maximum absolute atomic E-state index is 13.9. The van der Waals surface area contributed by atoms with Gasteiger partial charge < -0.3 is 15.3 Å². The van der Waals surface area contributed by atoms with Gasteiger partial charge in [-0.15, -0.1) is 0 Å². The van der Waals surface area contributed by atoms with E-state index in [0.717, 1.165) is 0 Å². The molecule has 1 saturated heterocycles. The van der Waals surface area contributed by atoms with Crippen molar-refractivity contribution < 1.29 is 19.1 Å². The van der Waals surface area contributed by atoms with Crippen molar-refractivity contribution in [3.8, 4) is 0 Å². The maximum Gasteiger partial charge on any atom is 0.268 e. The van der Waals surface area contributed by atoms with Gasteiger partial charge in [0.2, 0.25) is 5.60 Å². The summed E-state index contributed by atoms with van der Waals surface area (Å²) in [5.41, 5.74) is -1.52. The number of carbonyl (C=O) groups is 2. The third-order valence-corrected chi connectivity index (χ3v) is 4.86. The highest BCUT2D eigenvalue weighted by molar-refractivity contribution is 6.30. The van der Waals surface area contributed by atoms with Crippen LogP contribution in [0.4, 0.5) is 10.1 Å². The maximum atomic E-state index is 13.9. The Morgan fingerprint density at radius 3 is 2.89 bits per heavy atom. The van der Waals surface area contributed by atoms with E-state index in [1.807, 2.05) is 13.8 Å². The Hall–Kier alpha value is -2.45. The molecule has 1 fully saturated rings. The van der Waals surface area contributed by atoms with Gasteiger partial charge in [-0.2, -0.15) is 5.10 Å². The summed E-state index contributed by atoms with van der Waals surface area (Å²) in [6.07, 6.45) is 3.14. The molecule has 144 valence electrons. The zero-order chi connectivity index (χ0) is 19.8. The lowest BCUT2D eigenvalue weighted by Crippen LogP contribution is -2.52. The number of nitrogens with one attached hydrogen (secondary N) is 1. The largest absolute Gasteiger partial charge is 0.372 e. The number of rotatable bonds is 5. The minimum Gasteiger partial charge on any atom is -0.372 e. The minimum atomic E-state index is -2.20. The average molecular weight is 395 g/mol. The highest BCUT2D eigenvalue weighted by atomic mass is 35.5. The number of anilines is 1. The van der Waals surface area contributed by atoms with Gasteiger partial charge in [-0.1, -0.05) is 23.7 Å². The van der Waals surface area contributed by atoms with E-state index in [-0.39, 0.29) is 36.1 Å². The van der Waals surface area contributed by atoms with E-state index in [1.165, 1.54) is 23.2 Å². The molecule has 2 N–H and O–H groups in total. The van der Waals surface area contributed by atoms with Gasteiger partial charge in [0.25, 0.3) is 11.8 Å². The molecule has 0 bridgehead atoms. The summed E-state index contributed by atoms with van der Waals surface area (Å²) in [5, 5.41) is 17.2. The number of halogens is 2. The van der Waals surface area contributed by atoms with Crippen LogP contribution in [0.3, 0.4) is 0 Å². The lowest BCUT2D eigenvalue weighted by Gasteiger charge is -2.21. The number of hydrogen-bond acceptors (Lipinski definition) is 4. The number of aromatic nitrogens is 2. The zero-order valence-electron chi connectivity index (χ0n) is 14.9. The van der Waals surface area contributed by atoms with Gasteiger partial charge >= 0.3 is 0 Å². The van der Waals surface area contributed by atoms with Crippen molar-refractivity contribution in [1.82, 2.24) is 15.1 Å². The molecule has 0 aliphatic carbocycles. The first kappa shape index (κ1) is 19.3. The third-order valence-electron chi connectivity index (χ3n) is 4.57. The molecule has 1 aliphatic heterocycles. The van der Waals surface area contributed by atoms with Crippen molar-refractivity contribution in [1.29, 1.82) is 0 Å². The predicted octanol–water partition coefficient (Wildman–Crippen LogP) is 2.04. The molecule has 7 nitrogen and oxygen atoms in total. The topological polar surface area (TPSA) is 87.5 Å². The van der Waals surface area contributed by atoms with Crippen molar-refractivity contribution in [3.05, 3.63) is 47.0 Å². The average Bonchev–Trinajstić information content (AvgIpc) is 3.22. The first-order valence-electron chi connectivity index (χ1n) is 8.53. The monoisotopic (exact) mass is 394 g/mol. The van der Waals surface area contributed by atoms with Gasteiger partial charge in [-0.25, -0.2) is 4.39 Å². The van der Waals surface area contributed by atoms with Crippen LogP contribution in [-0.4, -0.2) is 38.8 Å². The van der Waals surface area contributed by atoms with Gasteiger partial charge in [0.15, 0.2) is 0 Å². The van der Waals surface area contributed by atoms with Gasteiger partial charge in [0, 0.05) is 37.3 Å². The third kappa shape index (κ3) is 3.54. The molecule has 1 aromatic carbocycles.